The van der Waals surface area contributed by atoms with E-state index < -0.39 is 0 Å². The predicted octanol–water partition coefficient (Wildman–Crippen LogP) is 5.49. The van der Waals surface area contributed by atoms with E-state index in [0.29, 0.717) is 13.2 Å². The van der Waals surface area contributed by atoms with Crippen LogP contribution in [0, 0.1) is 0 Å². The van der Waals surface area contributed by atoms with E-state index in [1.54, 1.807) is 0 Å². The Hall–Kier alpha value is -3.00. The molecule has 0 aromatic heterocycles. The van der Waals surface area contributed by atoms with E-state index in [4.69, 9.17) is 9.47 Å². The van der Waals surface area contributed by atoms with Crippen molar-refractivity contribution in [1.82, 2.24) is 0 Å². The molecular weight excluding hydrogens is 296 g/mol. The molecule has 24 heavy (non-hydrogen) atoms. The molecule has 0 N–H and O–H groups in total. The zero-order chi connectivity index (χ0) is 16.6. The summed E-state index contributed by atoms with van der Waals surface area (Å²) in [6.45, 7) is 4.86. The highest BCUT2D eigenvalue weighted by molar-refractivity contribution is 5.47. The average molecular weight is 316 g/mol. The maximum absolute atomic E-state index is 5.80. The fourth-order valence-electron chi connectivity index (χ4n) is 2.29. The number of rotatable bonds is 7. The lowest BCUT2D eigenvalue weighted by Crippen LogP contribution is -1.97. The SMILES string of the molecule is C=Cc1ccc(COc2ccc(OCc3ccccc3)cc2)cc1. The smallest absolute Gasteiger partial charge is 0.120 e. The van der Waals surface area contributed by atoms with Crippen LogP contribution in [0.4, 0.5) is 0 Å². The quantitative estimate of drug-likeness (QED) is 0.574. The molecule has 120 valence electrons. The van der Waals surface area contributed by atoms with Gasteiger partial charge < -0.3 is 9.47 Å². The lowest BCUT2D eigenvalue weighted by Gasteiger charge is -2.09. The van der Waals surface area contributed by atoms with Gasteiger partial charge in [-0.3, -0.25) is 0 Å². The number of benzene rings is 3. The standard InChI is InChI=1S/C22H20O2/c1-2-18-8-10-20(11-9-18)17-24-22-14-12-21(13-15-22)23-16-19-6-4-3-5-7-19/h2-15H,1,16-17H2. The summed E-state index contributed by atoms with van der Waals surface area (Å²) in [5.74, 6) is 1.66. The molecule has 0 aliphatic rings. The topological polar surface area (TPSA) is 18.5 Å². The molecule has 0 atom stereocenters. The maximum Gasteiger partial charge on any atom is 0.120 e. The molecule has 0 unspecified atom stereocenters. The fourth-order valence-corrected chi connectivity index (χ4v) is 2.29. The zero-order valence-electron chi connectivity index (χ0n) is 13.5. The molecule has 0 spiro atoms. The molecule has 0 saturated carbocycles. The minimum absolute atomic E-state index is 0.543. The lowest BCUT2D eigenvalue weighted by molar-refractivity contribution is 0.297. The van der Waals surface area contributed by atoms with Gasteiger partial charge in [0.05, 0.1) is 0 Å². The number of ether oxygens (including phenoxy) is 2. The summed E-state index contributed by atoms with van der Waals surface area (Å²) in [6.07, 6.45) is 1.83. The Morgan fingerprint density at radius 1 is 0.625 bits per heavy atom. The number of hydrogen-bond donors (Lipinski definition) is 0. The zero-order valence-corrected chi connectivity index (χ0v) is 13.5. The van der Waals surface area contributed by atoms with E-state index in [-0.39, 0.29) is 0 Å². The van der Waals surface area contributed by atoms with Crippen LogP contribution >= 0.6 is 0 Å². The third-order valence-corrected chi connectivity index (χ3v) is 3.69. The van der Waals surface area contributed by atoms with Crippen molar-refractivity contribution in [3.05, 3.63) is 102 Å². The van der Waals surface area contributed by atoms with Crippen LogP contribution in [0.1, 0.15) is 16.7 Å². The monoisotopic (exact) mass is 316 g/mol. The summed E-state index contributed by atoms with van der Waals surface area (Å²) in [5.41, 5.74) is 3.39. The first kappa shape index (κ1) is 15.9. The molecule has 3 aromatic rings. The van der Waals surface area contributed by atoms with Gasteiger partial charge in [0, 0.05) is 0 Å². The molecule has 0 aliphatic heterocycles. The van der Waals surface area contributed by atoms with Crippen molar-refractivity contribution in [3.8, 4) is 11.5 Å². The van der Waals surface area contributed by atoms with Gasteiger partial charge in [-0.25, -0.2) is 0 Å². The van der Waals surface area contributed by atoms with E-state index in [9.17, 15) is 0 Å². The summed E-state index contributed by atoms with van der Waals surface area (Å²) in [4.78, 5) is 0. The van der Waals surface area contributed by atoms with E-state index in [2.05, 4.69) is 18.7 Å². The molecule has 0 bridgehead atoms. The molecule has 2 nitrogen and oxygen atoms in total. The van der Waals surface area contributed by atoms with Crippen LogP contribution in [0.3, 0.4) is 0 Å². The lowest BCUT2D eigenvalue weighted by atomic mass is 10.1. The van der Waals surface area contributed by atoms with Gasteiger partial charge in [-0.1, -0.05) is 67.3 Å². The van der Waals surface area contributed by atoms with Crippen LogP contribution in [0.2, 0.25) is 0 Å². The fraction of sp³-hybridized carbons (Fsp3) is 0.0909. The highest BCUT2D eigenvalue weighted by Crippen LogP contribution is 2.20. The van der Waals surface area contributed by atoms with Crippen molar-refractivity contribution in [2.24, 2.45) is 0 Å². The van der Waals surface area contributed by atoms with Crippen molar-refractivity contribution in [2.75, 3.05) is 0 Å². The Morgan fingerprint density at radius 3 is 1.62 bits per heavy atom. The highest BCUT2D eigenvalue weighted by Gasteiger charge is 1.99. The van der Waals surface area contributed by atoms with E-state index in [1.165, 1.54) is 0 Å². The summed E-state index contributed by atoms with van der Waals surface area (Å²) in [6, 6.07) is 26.0. The minimum Gasteiger partial charge on any atom is -0.489 e. The van der Waals surface area contributed by atoms with Gasteiger partial charge in [0.25, 0.3) is 0 Å². The molecule has 0 fully saturated rings. The average Bonchev–Trinajstić information content (AvgIpc) is 2.67. The van der Waals surface area contributed by atoms with Crippen molar-refractivity contribution < 1.29 is 9.47 Å². The Bertz CT molecular complexity index is 759. The Kier molecular flexibility index (Phi) is 5.31. The molecular formula is C22H20O2. The second kappa shape index (κ2) is 8.02. The molecule has 0 aliphatic carbocycles. The van der Waals surface area contributed by atoms with Crippen LogP contribution in [-0.2, 0) is 13.2 Å². The first-order valence-corrected chi connectivity index (χ1v) is 7.94. The highest BCUT2D eigenvalue weighted by atomic mass is 16.5. The molecule has 2 heteroatoms. The predicted molar refractivity (Wildman–Crippen MR) is 98.1 cm³/mol. The van der Waals surface area contributed by atoms with Gasteiger partial charge >= 0.3 is 0 Å². The number of hydrogen-bond acceptors (Lipinski definition) is 2. The second-order valence-corrected chi connectivity index (χ2v) is 5.48. The first-order chi connectivity index (χ1) is 11.8. The Morgan fingerprint density at radius 2 is 1.12 bits per heavy atom. The van der Waals surface area contributed by atoms with Gasteiger partial charge in [-0.05, 0) is 41.0 Å². The largest absolute Gasteiger partial charge is 0.489 e. The van der Waals surface area contributed by atoms with Crippen LogP contribution in [-0.4, -0.2) is 0 Å². The summed E-state index contributed by atoms with van der Waals surface area (Å²) in [5, 5.41) is 0. The van der Waals surface area contributed by atoms with Crippen molar-refractivity contribution in [3.63, 3.8) is 0 Å². The Balaban J connectivity index is 1.51. The van der Waals surface area contributed by atoms with Gasteiger partial charge in [-0.15, -0.1) is 0 Å². The summed E-state index contributed by atoms with van der Waals surface area (Å²) < 4.78 is 11.6. The summed E-state index contributed by atoms with van der Waals surface area (Å²) >= 11 is 0. The summed E-state index contributed by atoms with van der Waals surface area (Å²) in [7, 11) is 0. The van der Waals surface area contributed by atoms with Crippen LogP contribution < -0.4 is 9.47 Å². The van der Waals surface area contributed by atoms with Crippen LogP contribution in [0.15, 0.2) is 85.4 Å². The molecule has 0 amide bonds. The first-order valence-electron chi connectivity index (χ1n) is 7.94. The van der Waals surface area contributed by atoms with E-state index in [1.807, 2.05) is 72.8 Å². The van der Waals surface area contributed by atoms with E-state index in [0.717, 1.165) is 28.2 Å². The third kappa shape index (κ3) is 4.50. The molecule has 3 aromatic carbocycles. The molecule has 3 rings (SSSR count). The Labute approximate surface area is 143 Å². The van der Waals surface area contributed by atoms with Crippen molar-refractivity contribution in [1.29, 1.82) is 0 Å². The van der Waals surface area contributed by atoms with Crippen LogP contribution in [0.25, 0.3) is 6.08 Å². The molecule has 0 heterocycles. The van der Waals surface area contributed by atoms with Crippen molar-refractivity contribution >= 4 is 6.08 Å². The minimum atomic E-state index is 0.543. The normalized spacial score (nSPS) is 10.2. The maximum atomic E-state index is 5.80. The van der Waals surface area contributed by atoms with Crippen LogP contribution in [0.5, 0.6) is 11.5 Å². The van der Waals surface area contributed by atoms with E-state index >= 15 is 0 Å². The molecule has 0 saturated heterocycles. The van der Waals surface area contributed by atoms with Gasteiger partial charge in [0.2, 0.25) is 0 Å². The van der Waals surface area contributed by atoms with Gasteiger partial charge in [0.15, 0.2) is 0 Å². The van der Waals surface area contributed by atoms with Gasteiger partial charge in [-0.2, -0.15) is 0 Å². The second-order valence-electron chi connectivity index (χ2n) is 5.48. The third-order valence-electron chi connectivity index (χ3n) is 3.69. The van der Waals surface area contributed by atoms with Gasteiger partial charge in [0.1, 0.15) is 24.7 Å². The molecule has 0 radical (unpaired) electrons. The van der Waals surface area contributed by atoms with Crippen molar-refractivity contribution in [2.45, 2.75) is 13.2 Å².